The SMILES string of the molecule is CC(C)N1CCN(C(=O)COc2ccc(-c3n[nH]c4c3C(=O)c3c(NC(=O)NN5CCOCC5)cccc3-4)cc2)CC1. The van der Waals surface area contributed by atoms with Crippen molar-refractivity contribution in [1.82, 2.24) is 30.4 Å². The lowest BCUT2D eigenvalue weighted by atomic mass is 10.0. The first-order valence-electron chi connectivity index (χ1n) is 14.3. The van der Waals surface area contributed by atoms with E-state index in [4.69, 9.17) is 9.47 Å². The van der Waals surface area contributed by atoms with E-state index in [1.807, 2.05) is 23.1 Å². The topological polar surface area (TPSA) is 132 Å². The van der Waals surface area contributed by atoms with Crippen molar-refractivity contribution < 1.29 is 23.9 Å². The summed E-state index contributed by atoms with van der Waals surface area (Å²) in [5.41, 5.74) is 6.66. The molecular formula is C30H35N7O5. The number of nitrogens with one attached hydrogen (secondary N) is 3. The van der Waals surface area contributed by atoms with Gasteiger partial charge in [0, 0.05) is 56.4 Å². The number of amides is 3. The molecule has 2 aromatic carbocycles. The maximum Gasteiger partial charge on any atom is 0.333 e. The van der Waals surface area contributed by atoms with Crippen LogP contribution in [0.5, 0.6) is 5.75 Å². The molecular weight excluding hydrogens is 538 g/mol. The highest BCUT2D eigenvalue weighted by molar-refractivity contribution is 6.26. The Morgan fingerprint density at radius 3 is 2.45 bits per heavy atom. The summed E-state index contributed by atoms with van der Waals surface area (Å²) >= 11 is 0. The van der Waals surface area contributed by atoms with E-state index in [9.17, 15) is 14.4 Å². The smallest absolute Gasteiger partial charge is 0.333 e. The molecule has 3 heterocycles. The third-order valence-electron chi connectivity index (χ3n) is 7.96. The highest BCUT2D eigenvalue weighted by Crippen LogP contribution is 2.43. The zero-order valence-electron chi connectivity index (χ0n) is 23.8. The summed E-state index contributed by atoms with van der Waals surface area (Å²) in [5.74, 6) is 0.320. The quantitative estimate of drug-likeness (QED) is 0.308. The van der Waals surface area contributed by atoms with Crippen molar-refractivity contribution in [3.63, 3.8) is 0 Å². The molecule has 2 aliphatic heterocycles. The number of piperazine rings is 1. The highest BCUT2D eigenvalue weighted by atomic mass is 16.5. The number of H-pyrrole nitrogens is 1. The fourth-order valence-electron chi connectivity index (χ4n) is 5.60. The molecule has 0 saturated carbocycles. The molecule has 42 heavy (non-hydrogen) atoms. The third kappa shape index (κ3) is 5.60. The number of rotatable bonds is 7. The van der Waals surface area contributed by atoms with Crippen LogP contribution in [0, 0.1) is 0 Å². The Kier molecular flexibility index (Phi) is 7.92. The minimum atomic E-state index is -0.418. The van der Waals surface area contributed by atoms with Crippen LogP contribution in [0.2, 0.25) is 0 Å². The average molecular weight is 574 g/mol. The van der Waals surface area contributed by atoms with E-state index in [1.54, 1.807) is 29.3 Å². The van der Waals surface area contributed by atoms with Crippen molar-refractivity contribution in [3.8, 4) is 28.3 Å². The van der Waals surface area contributed by atoms with Crippen LogP contribution in [0.4, 0.5) is 10.5 Å². The molecule has 0 unspecified atom stereocenters. The summed E-state index contributed by atoms with van der Waals surface area (Å²) < 4.78 is 11.1. The molecule has 12 nitrogen and oxygen atoms in total. The number of carbonyl (C=O) groups is 3. The van der Waals surface area contributed by atoms with Crippen molar-refractivity contribution in [2.24, 2.45) is 0 Å². The van der Waals surface area contributed by atoms with Crippen molar-refractivity contribution >= 4 is 23.4 Å². The Morgan fingerprint density at radius 1 is 1.00 bits per heavy atom. The fourth-order valence-corrected chi connectivity index (χ4v) is 5.60. The molecule has 6 rings (SSSR count). The number of aromatic amines is 1. The van der Waals surface area contributed by atoms with Gasteiger partial charge < -0.3 is 19.7 Å². The summed E-state index contributed by atoms with van der Waals surface area (Å²) in [5, 5.41) is 12.1. The number of ether oxygens (including phenoxy) is 2. The number of morpholine rings is 1. The van der Waals surface area contributed by atoms with Crippen molar-refractivity contribution in [2.75, 3.05) is 64.4 Å². The molecule has 3 aliphatic rings. The van der Waals surface area contributed by atoms with E-state index in [0.29, 0.717) is 84.9 Å². The molecule has 0 spiro atoms. The van der Waals surface area contributed by atoms with E-state index >= 15 is 0 Å². The molecule has 1 aromatic heterocycles. The molecule has 1 aliphatic carbocycles. The second-order valence-corrected chi connectivity index (χ2v) is 10.9. The van der Waals surface area contributed by atoms with Gasteiger partial charge >= 0.3 is 6.03 Å². The average Bonchev–Trinajstić information content (AvgIpc) is 3.56. The number of carbonyl (C=O) groups excluding carboxylic acids is 3. The summed E-state index contributed by atoms with van der Waals surface area (Å²) in [7, 11) is 0. The number of hydrazine groups is 1. The molecule has 220 valence electrons. The first kappa shape index (κ1) is 27.9. The van der Waals surface area contributed by atoms with Gasteiger partial charge in [0.25, 0.3) is 5.91 Å². The lowest BCUT2D eigenvalue weighted by Gasteiger charge is -2.36. The predicted molar refractivity (Wildman–Crippen MR) is 156 cm³/mol. The molecule has 2 fully saturated rings. The molecule has 3 amide bonds. The van der Waals surface area contributed by atoms with Gasteiger partial charge in [0.15, 0.2) is 12.4 Å². The van der Waals surface area contributed by atoms with Gasteiger partial charge in [-0.15, -0.1) is 0 Å². The number of urea groups is 1. The van der Waals surface area contributed by atoms with Gasteiger partial charge in [0.2, 0.25) is 0 Å². The molecule has 3 aromatic rings. The lowest BCUT2D eigenvalue weighted by Crippen LogP contribution is -2.51. The van der Waals surface area contributed by atoms with Gasteiger partial charge in [-0.3, -0.25) is 25.0 Å². The second-order valence-electron chi connectivity index (χ2n) is 10.9. The zero-order chi connectivity index (χ0) is 29.2. The predicted octanol–water partition coefficient (Wildman–Crippen LogP) is 2.59. The first-order chi connectivity index (χ1) is 20.4. The van der Waals surface area contributed by atoms with Crippen molar-refractivity contribution in [1.29, 1.82) is 0 Å². The number of ketones is 1. The fraction of sp³-hybridized carbons (Fsp3) is 0.400. The molecule has 0 atom stereocenters. The van der Waals surface area contributed by atoms with Crippen molar-refractivity contribution in [3.05, 3.63) is 53.6 Å². The van der Waals surface area contributed by atoms with E-state index in [0.717, 1.165) is 18.7 Å². The van der Waals surface area contributed by atoms with E-state index in [2.05, 4.69) is 39.7 Å². The van der Waals surface area contributed by atoms with Crippen molar-refractivity contribution in [2.45, 2.75) is 19.9 Å². The standard InChI is InChI=1S/C30H35N7O5/c1-19(2)35-10-12-36(13-11-35)24(38)18-42-21-8-6-20(7-9-21)27-26-28(33-32-27)22-4-3-5-23(25(22)29(26)39)31-30(40)34-37-14-16-41-17-15-37/h3-9,19H,10-18H2,1-2H3,(H,32,33)(H2,31,34,40). The normalized spacial score (nSPS) is 17.2. The summed E-state index contributed by atoms with van der Waals surface area (Å²) in [6.45, 7) is 9.73. The van der Waals surface area contributed by atoms with Crippen LogP contribution >= 0.6 is 0 Å². The molecule has 3 N–H and O–H groups in total. The number of benzene rings is 2. The Bertz CT molecular complexity index is 1470. The van der Waals surface area contributed by atoms with Crippen LogP contribution in [-0.4, -0.2) is 108 Å². The molecule has 2 saturated heterocycles. The van der Waals surface area contributed by atoms with E-state index in [1.165, 1.54) is 0 Å². The number of nitrogens with zero attached hydrogens (tertiary/aromatic N) is 4. The first-order valence-corrected chi connectivity index (χ1v) is 14.3. The van der Waals surface area contributed by atoms with Gasteiger partial charge in [-0.2, -0.15) is 5.10 Å². The zero-order valence-corrected chi connectivity index (χ0v) is 23.8. The number of hydrogen-bond donors (Lipinski definition) is 3. The van der Waals surface area contributed by atoms with Gasteiger partial charge in [-0.1, -0.05) is 12.1 Å². The van der Waals surface area contributed by atoms with Crippen LogP contribution in [0.15, 0.2) is 42.5 Å². The number of anilines is 1. The summed E-state index contributed by atoms with van der Waals surface area (Å²) in [6.07, 6.45) is 0. The monoisotopic (exact) mass is 573 g/mol. The second kappa shape index (κ2) is 11.9. The number of fused-ring (bicyclic) bond motifs is 3. The van der Waals surface area contributed by atoms with Gasteiger partial charge in [0.05, 0.1) is 35.7 Å². The minimum absolute atomic E-state index is 0.0263. The maximum absolute atomic E-state index is 13.7. The minimum Gasteiger partial charge on any atom is -0.484 e. The maximum atomic E-state index is 13.7. The van der Waals surface area contributed by atoms with E-state index < -0.39 is 6.03 Å². The Labute approximate surface area is 243 Å². The summed E-state index contributed by atoms with van der Waals surface area (Å²) in [4.78, 5) is 43.2. The Morgan fingerprint density at radius 2 is 1.74 bits per heavy atom. The highest BCUT2D eigenvalue weighted by Gasteiger charge is 2.35. The Balaban J connectivity index is 1.11. The van der Waals surface area contributed by atoms with Crippen LogP contribution in [0.25, 0.3) is 22.5 Å². The van der Waals surface area contributed by atoms with Gasteiger partial charge in [0.1, 0.15) is 11.4 Å². The summed E-state index contributed by atoms with van der Waals surface area (Å²) in [6, 6.07) is 12.6. The van der Waals surface area contributed by atoms with Crippen LogP contribution < -0.4 is 15.5 Å². The number of hydrogen-bond acceptors (Lipinski definition) is 8. The van der Waals surface area contributed by atoms with Gasteiger partial charge in [-0.05, 0) is 44.2 Å². The molecule has 0 bridgehead atoms. The Hall–Kier alpha value is -4.26. The number of aromatic nitrogens is 2. The van der Waals surface area contributed by atoms with Gasteiger partial charge in [-0.25, -0.2) is 9.80 Å². The third-order valence-corrected chi connectivity index (χ3v) is 7.96. The van der Waals surface area contributed by atoms with Crippen LogP contribution in [0.3, 0.4) is 0 Å². The molecule has 0 radical (unpaired) electrons. The van der Waals surface area contributed by atoms with E-state index in [-0.39, 0.29) is 18.3 Å². The van der Waals surface area contributed by atoms with Crippen LogP contribution in [-0.2, 0) is 9.53 Å². The lowest BCUT2D eigenvalue weighted by molar-refractivity contribution is -0.135. The largest absolute Gasteiger partial charge is 0.484 e. The molecule has 12 heteroatoms. The van der Waals surface area contributed by atoms with Crippen LogP contribution in [0.1, 0.15) is 29.8 Å².